The summed E-state index contributed by atoms with van der Waals surface area (Å²) in [6.07, 6.45) is 2.28. The highest BCUT2D eigenvalue weighted by atomic mass is 31.2. The Hall–Kier alpha value is -3.45. The minimum Gasteiger partial charge on any atom is -0.365 e. The predicted octanol–water partition coefficient (Wildman–Crippen LogP) is 5.69. The molecule has 0 aliphatic heterocycles. The molecule has 4 aromatic carbocycles. The van der Waals surface area contributed by atoms with E-state index in [1.807, 2.05) is 96.8 Å². The van der Waals surface area contributed by atoms with Gasteiger partial charge in [-0.2, -0.15) is 0 Å². The first-order valence-electron chi connectivity index (χ1n) is 11.5. The summed E-state index contributed by atoms with van der Waals surface area (Å²) >= 11 is 0. The number of carbonyl (C=O) groups is 1. The van der Waals surface area contributed by atoms with Crippen molar-refractivity contribution in [3.05, 3.63) is 140 Å². The van der Waals surface area contributed by atoms with E-state index in [1.165, 1.54) is 0 Å². The van der Waals surface area contributed by atoms with E-state index in [-0.39, 0.29) is 18.5 Å². The topological polar surface area (TPSA) is 26.3 Å². The van der Waals surface area contributed by atoms with Crippen LogP contribution in [0.5, 0.6) is 0 Å². The van der Waals surface area contributed by atoms with Crippen molar-refractivity contribution in [3.8, 4) is 0 Å². The molecule has 0 heterocycles. The van der Waals surface area contributed by atoms with Crippen LogP contribution in [0.15, 0.2) is 134 Å². The summed E-state index contributed by atoms with van der Waals surface area (Å²) in [5.74, 6) is 1.91. The van der Waals surface area contributed by atoms with Crippen molar-refractivity contribution in [1.82, 2.24) is 0 Å². The van der Waals surface area contributed by atoms with Crippen LogP contribution in [-0.2, 0) is 9.53 Å². The molecule has 0 amide bonds. The van der Waals surface area contributed by atoms with Crippen molar-refractivity contribution in [2.75, 3.05) is 6.61 Å². The fourth-order valence-electron chi connectivity index (χ4n) is 4.22. The maximum Gasteiger partial charge on any atom is 0.182 e. The maximum absolute atomic E-state index is 13.5. The first-order chi connectivity index (χ1) is 16.7. The fraction of sp³-hybridized carbons (Fsp3) is 0.0968. The molecule has 4 aromatic rings. The molecule has 0 aromatic heterocycles. The summed E-state index contributed by atoms with van der Waals surface area (Å²) in [7, 11) is 0. The minimum atomic E-state index is -2.33. The third-order valence-corrected chi connectivity index (χ3v) is 9.82. The van der Waals surface area contributed by atoms with Gasteiger partial charge < -0.3 is 4.74 Å². The Bertz CT molecular complexity index is 1150. The Morgan fingerprint density at radius 3 is 1.53 bits per heavy atom. The van der Waals surface area contributed by atoms with Gasteiger partial charge in [-0.05, 0) is 40.6 Å². The maximum atomic E-state index is 13.5. The molecule has 0 saturated carbocycles. The normalized spacial score (nSPS) is 12.0. The lowest BCUT2D eigenvalue weighted by Gasteiger charge is -2.28. The van der Waals surface area contributed by atoms with Crippen LogP contribution in [0, 0.1) is 0 Å². The van der Waals surface area contributed by atoms with Crippen LogP contribution < -0.4 is 15.9 Å². The van der Waals surface area contributed by atoms with Gasteiger partial charge in [-0.1, -0.05) is 127 Å². The zero-order valence-electron chi connectivity index (χ0n) is 19.2. The number of ether oxygens (including phenoxy) is 1. The Balaban J connectivity index is 1.78. The lowest BCUT2D eigenvalue weighted by molar-refractivity contribution is -0.118. The smallest absolute Gasteiger partial charge is 0.182 e. The zero-order valence-corrected chi connectivity index (χ0v) is 20.1. The Kier molecular flexibility index (Phi) is 8.09. The molecule has 0 aliphatic carbocycles. The Morgan fingerprint density at radius 1 is 0.706 bits per heavy atom. The molecule has 0 saturated heterocycles. The molecule has 34 heavy (non-hydrogen) atoms. The SMILES string of the molecule is C=CCC(OCC(=O)C=P(c1ccccc1)(c1ccccc1)c1ccccc1)c1ccccc1. The van der Waals surface area contributed by atoms with E-state index in [1.54, 1.807) is 0 Å². The molecular formula is C31H29O2P. The van der Waals surface area contributed by atoms with Crippen molar-refractivity contribution in [3.63, 3.8) is 0 Å². The average Bonchev–Trinajstić information content (AvgIpc) is 2.91. The second kappa shape index (κ2) is 11.6. The molecule has 1 atom stereocenters. The monoisotopic (exact) mass is 464 g/mol. The van der Waals surface area contributed by atoms with Crippen molar-refractivity contribution in [2.24, 2.45) is 0 Å². The van der Waals surface area contributed by atoms with E-state index in [4.69, 9.17) is 4.74 Å². The summed E-state index contributed by atoms with van der Waals surface area (Å²) in [5, 5.41) is 3.43. The highest BCUT2D eigenvalue weighted by Gasteiger charge is 2.26. The molecular weight excluding hydrogens is 435 g/mol. The Morgan fingerprint density at radius 2 is 1.12 bits per heavy atom. The molecule has 0 spiro atoms. The van der Waals surface area contributed by atoms with Gasteiger partial charge in [-0.3, -0.25) is 4.79 Å². The fourth-order valence-corrected chi connectivity index (χ4v) is 7.99. The second-order valence-corrected chi connectivity index (χ2v) is 11.3. The second-order valence-electron chi connectivity index (χ2n) is 8.06. The third kappa shape index (κ3) is 5.37. The van der Waals surface area contributed by atoms with Crippen LogP contribution in [0.3, 0.4) is 0 Å². The van der Waals surface area contributed by atoms with Gasteiger partial charge in [0.2, 0.25) is 0 Å². The first-order valence-corrected chi connectivity index (χ1v) is 13.3. The summed E-state index contributed by atoms with van der Waals surface area (Å²) in [6, 6.07) is 41.1. The van der Waals surface area contributed by atoms with Gasteiger partial charge in [0.15, 0.2) is 5.78 Å². The molecule has 0 bridgehead atoms. The van der Waals surface area contributed by atoms with Crippen LogP contribution in [0.2, 0.25) is 0 Å². The number of ketones is 1. The zero-order chi connectivity index (χ0) is 23.6. The molecule has 0 N–H and O–H groups in total. The van der Waals surface area contributed by atoms with E-state index < -0.39 is 6.89 Å². The lowest BCUT2D eigenvalue weighted by atomic mass is 10.1. The van der Waals surface area contributed by atoms with Gasteiger partial charge in [0.25, 0.3) is 0 Å². The highest BCUT2D eigenvalue weighted by molar-refractivity contribution is 7.95. The van der Waals surface area contributed by atoms with Gasteiger partial charge in [0, 0.05) is 0 Å². The molecule has 3 heteroatoms. The molecule has 0 fully saturated rings. The minimum absolute atomic E-state index is 0.0155. The summed E-state index contributed by atoms with van der Waals surface area (Å²) < 4.78 is 6.15. The van der Waals surface area contributed by atoms with Gasteiger partial charge in [-0.15, -0.1) is 6.58 Å². The summed E-state index contributed by atoms with van der Waals surface area (Å²) in [5.41, 5.74) is 1.05. The average molecular weight is 465 g/mol. The van der Waals surface area contributed by atoms with Crippen molar-refractivity contribution >= 4 is 34.4 Å². The number of Topliss-reactive ketones (excluding diaryl/α,β-unsaturated/α-hetero) is 1. The number of benzene rings is 4. The van der Waals surface area contributed by atoms with E-state index in [0.717, 1.165) is 21.5 Å². The molecule has 4 rings (SSSR count). The number of rotatable bonds is 10. The third-order valence-electron chi connectivity index (χ3n) is 5.81. The standard InChI is InChI=1S/C31H29O2P/c1-2-15-31(26-16-7-3-8-17-26)33-24-27(32)25-34(28-18-9-4-10-19-28,29-20-11-5-12-21-29)30-22-13-6-14-23-30/h2-14,16-23,25,31H,1,15,24H2. The largest absolute Gasteiger partial charge is 0.365 e. The van der Waals surface area contributed by atoms with Gasteiger partial charge in [0.1, 0.15) is 6.61 Å². The van der Waals surface area contributed by atoms with E-state index in [0.29, 0.717) is 6.42 Å². The number of hydrogen-bond acceptors (Lipinski definition) is 2. The van der Waals surface area contributed by atoms with Crippen molar-refractivity contribution in [2.45, 2.75) is 12.5 Å². The van der Waals surface area contributed by atoms with Crippen molar-refractivity contribution in [1.29, 1.82) is 0 Å². The molecule has 0 radical (unpaired) electrons. The van der Waals surface area contributed by atoms with Gasteiger partial charge >= 0.3 is 0 Å². The molecule has 170 valence electrons. The number of carbonyl (C=O) groups excluding carboxylic acids is 1. The van der Waals surface area contributed by atoms with Gasteiger partial charge in [-0.25, -0.2) is 0 Å². The van der Waals surface area contributed by atoms with Crippen LogP contribution in [-0.4, -0.2) is 18.2 Å². The van der Waals surface area contributed by atoms with Gasteiger partial charge in [0.05, 0.1) is 6.10 Å². The van der Waals surface area contributed by atoms with Crippen LogP contribution in [0.1, 0.15) is 18.1 Å². The number of hydrogen-bond donors (Lipinski definition) is 0. The summed E-state index contributed by atoms with van der Waals surface area (Å²) in [6.45, 7) is 1.55. The lowest BCUT2D eigenvalue weighted by Crippen LogP contribution is -2.29. The van der Waals surface area contributed by atoms with E-state index in [2.05, 4.69) is 43.0 Å². The highest BCUT2D eigenvalue weighted by Crippen LogP contribution is 2.43. The van der Waals surface area contributed by atoms with Crippen LogP contribution in [0.25, 0.3) is 0 Å². The van der Waals surface area contributed by atoms with E-state index in [9.17, 15) is 4.79 Å². The predicted molar refractivity (Wildman–Crippen MR) is 146 cm³/mol. The van der Waals surface area contributed by atoms with Crippen LogP contribution >= 0.6 is 6.89 Å². The van der Waals surface area contributed by atoms with E-state index >= 15 is 0 Å². The van der Waals surface area contributed by atoms with Crippen LogP contribution in [0.4, 0.5) is 0 Å². The molecule has 1 unspecified atom stereocenters. The van der Waals surface area contributed by atoms with Crippen molar-refractivity contribution < 1.29 is 9.53 Å². The first kappa shape index (κ1) is 23.7. The molecule has 0 aliphatic rings. The molecule has 2 nitrogen and oxygen atoms in total. The Labute approximate surface area is 202 Å². The quantitative estimate of drug-likeness (QED) is 0.223. The summed E-state index contributed by atoms with van der Waals surface area (Å²) in [4.78, 5) is 13.5.